The molecule has 2 N–H and O–H groups in total. The molecule has 0 atom stereocenters. The lowest BCUT2D eigenvalue weighted by Gasteiger charge is -2.03. The molecule has 19 heavy (non-hydrogen) atoms. The van der Waals surface area contributed by atoms with Crippen LogP contribution in [0.4, 0.5) is 0 Å². The van der Waals surface area contributed by atoms with Crippen LogP contribution in [-0.4, -0.2) is 15.9 Å². The third-order valence-corrected chi connectivity index (χ3v) is 2.48. The van der Waals surface area contributed by atoms with Crippen molar-refractivity contribution >= 4 is 12.0 Å². The van der Waals surface area contributed by atoms with E-state index in [-0.39, 0.29) is 5.57 Å². The SMILES string of the molecule is N#C/C(=C\c1cnc[nH]1)C(=O)NCc1ccccc1. The van der Waals surface area contributed by atoms with E-state index >= 15 is 0 Å². The van der Waals surface area contributed by atoms with Gasteiger partial charge in [0, 0.05) is 6.54 Å². The van der Waals surface area contributed by atoms with Crippen LogP contribution in [0, 0.1) is 11.3 Å². The van der Waals surface area contributed by atoms with E-state index in [2.05, 4.69) is 15.3 Å². The van der Waals surface area contributed by atoms with Crippen LogP contribution in [0.3, 0.4) is 0 Å². The summed E-state index contributed by atoms with van der Waals surface area (Å²) in [5.41, 5.74) is 1.64. The normalized spacial score (nSPS) is 10.8. The van der Waals surface area contributed by atoms with E-state index in [9.17, 15) is 4.79 Å². The molecule has 0 saturated heterocycles. The summed E-state index contributed by atoms with van der Waals surface area (Å²) in [4.78, 5) is 18.5. The van der Waals surface area contributed by atoms with Crippen molar-refractivity contribution in [1.29, 1.82) is 5.26 Å². The molecule has 2 aromatic rings. The minimum atomic E-state index is -0.402. The van der Waals surface area contributed by atoms with Gasteiger partial charge in [0.1, 0.15) is 11.6 Å². The summed E-state index contributed by atoms with van der Waals surface area (Å²) in [5.74, 6) is -0.402. The lowest BCUT2D eigenvalue weighted by molar-refractivity contribution is -0.117. The Morgan fingerprint density at radius 1 is 1.42 bits per heavy atom. The van der Waals surface area contributed by atoms with Gasteiger partial charge < -0.3 is 10.3 Å². The van der Waals surface area contributed by atoms with Crippen molar-refractivity contribution in [3.05, 3.63) is 59.7 Å². The number of hydrogen-bond acceptors (Lipinski definition) is 3. The van der Waals surface area contributed by atoms with Gasteiger partial charge in [0.25, 0.3) is 5.91 Å². The fraction of sp³-hybridized carbons (Fsp3) is 0.0714. The lowest BCUT2D eigenvalue weighted by atomic mass is 10.2. The van der Waals surface area contributed by atoms with Crippen molar-refractivity contribution in [2.24, 2.45) is 0 Å². The second kappa shape index (κ2) is 6.17. The van der Waals surface area contributed by atoms with Gasteiger partial charge in [-0.1, -0.05) is 30.3 Å². The van der Waals surface area contributed by atoms with Crippen molar-refractivity contribution in [3.63, 3.8) is 0 Å². The number of nitriles is 1. The zero-order chi connectivity index (χ0) is 13.5. The van der Waals surface area contributed by atoms with Gasteiger partial charge in [0.05, 0.1) is 18.2 Å². The van der Waals surface area contributed by atoms with E-state index in [1.54, 1.807) is 6.20 Å². The highest BCUT2D eigenvalue weighted by Gasteiger charge is 2.08. The summed E-state index contributed by atoms with van der Waals surface area (Å²) < 4.78 is 0. The van der Waals surface area contributed by atoms with Crippen molar-refractivity contribution in [2.75, 3.05) is 0 Å². The third kappa shape index (κ3) is 3.54. The van der Waals surface area contributed by atoms with Gasteiger partial charge in [-0.05, 0) is 11.6 Å². The van der Waals surface area contributed by atoms with Crippen molar-refractivity contribution < 1.29 is 4.79 Å². The second-order valence-electron chi connectivity index (χ2n) is 3.85. The molecule has 1 aromatic heterocycles. The molecule has 0 unspecified atom stereocenters. The number of H-pyrrole nitrogens is 1. The van der Waals surface area contributed by atoms with Crippen molar-refractivity contribution in [2.45, 2.75) is 6.54 Å². The topological polar surface area (TPSA) is 81.6 Å². The van der Waals surface area contributed by atoms with Gasteiger partial charge in [-0.15, -0.1) is 0 Å². The van der Waals surface area contributed by atoms with Gasteiger partial charge >= 0.3 is 0 Å². The van der Waals surface area contributed by atoms with Crippen LogP contribution in [0.2, 0.25) is 0 Å². The Balaban J connectivity index is 2.01. The molecule has 5 nitrogen and oxygen atoms in total. The first kappa shape index (κ1) is 12.6. The Morgan fingerprint density at radius 3 is 2.84 bits per heavy atom. The van der Waals surface area contributed by atoms with Gasteiger partial charge in [0.15, 0.2) is 0 Å². The van der Waals surface area contributed by atoms with E-state index in [0.29, 0.717) is 12.2 Å². The average Bonchev–Trinajstić information content (AvgIpc) is 2.96. The van der Waals surface area contributed by atoms with Crippen LogP contribution in [0.5, 0.6) is 0 Å². The first-order valence-electron chi connectivity index (χ1n) is 5.72. The van der Waals surface area contributed by atoms with Gasteiger partial charge in [-0.25, -0.2) is 4.98 Å². The predicted molar refractivity (Wildman–Crippen MR) is 70.5 cm³/mol. The standard InChI is InChI=1S/C14H12N4O/c15-7-12(6-13-9-16-10-18-13)14(19)17-8-11-4-2-1-3-5-11/h1-6,9-10H,8H2,(H,16,18)(H,17,19)/b12-6+. The number of carbonyl (C=O) groups is 1. The zero-order valence-electron chi connectivity index (χ0n) is 10.1. The third-order valence-electron chi connectivity index (χ3n) is 2.48. The van der Waals surface area contributed by atoms with Gasteiger partial charge in [-0.2, -0.15) is 5.26 Å². The maximum Gasteiger partial charge on any atom is 0.262 e. The number of rotatable bonds is 4. The summed E-state index contributed by atoms with van der Waals surface area (Å²) in [6.45, 7) is 0.391. The van der Waals surface area contributed by atoms with Crippen molar-refractivity contribution in [3.8, 4) is 6.07 Å². The Hall–Kier alpha value is -2.87. The van der Waals surface area contributed by atoms with Crippen LogP contribution < -0.4 is 5.32 Å². The molecule has 0 aliphatic heterocycles. The molecule has 0 fully saturated rings. The number of carbonyl (C=O) groups excluding carboxylic acids is 1. The summed E-state index contributed by atoms with van der Waals surface area (Å²) >= 11 is 0. The number of aromatic nitrogens is 2. The van der Waals surface area contributed by atoms with Crippen LogP contribution in [0.25, 0.3) is 6.08 Å². The smallest absolute Gasteiger partial charge is 0.262 e. The molecule has 0 bridgehead atoms. The molecule has 2 rings (SSSR count). The molecule has 0 radical (unpaired) electrons. The summed E-state index contributed by atoms with van der Waals surface area (Å²) in [5, 5.41) is 11.7. The quantitative estimate of drug-likeness (QED) is 0.641. The summed E-state index contributed by atoms with van der Waals surface area (Å²) in [7, 11) is 0. The van der Waals surface area contributed by atoms with E-state index < -0.39 is 5.91 Å². The maximum atomic E-state index is 11.8. The maximum absolute atomic E-state index is 11.8. The van der Waals surface area contributed by atoms with E-state index in [1.165, 1.54) is 12.4 Å². The Labute approximate surface area is 110 Å². The van der Waals surface area contributed by atoms with Crippen molar-refractivity contribution in [1.82, 2.24) is 15.3 Å². The average molecular weight is 252 g/mol. The minimum absolute atomic E-state index is 0.0418. The van der Waals surface area contributed by atoms with E-state index in [0.717, 1.165) is 5.56 Å². The number of nitrogens with one attached hydrogen (secondary N) is 2. The Kier molecular flexibility index (Phi) is 4.09. The molecule has 5 heteroatoms. The minimum Gasteiger partial charge on any atom is -0.347 e. The molecule has 0 aliphatic carbocycles. The highest BCUT2D eigenvalue weighted by Crippen LogP contribution is 2.03. The molecular weight excluding hydrogens is 240 g/mol. The summed E-state index contributed by atoms with van der Waals surface area (Å²) in [6.07, 6.45) is 4.50. The van der Waals surface area contributed by atoms with Gasteiger partial charge in [0.2, 0.25) is 0 Å². The predicted octanol–water partition coefficient (Wildman–Crippen LogP) is 1.63. The molecule has 0 aliphatic rings. The number of aromatic amines is 1. The number of nitrogens with zero attached hydrogens (tertiary/aromatic N) is 2. The molecular formula is C14H12N4O. The van der Waals surface area contributed by atoms with Crippen LogP contribution >= 0.6 is 0 Å². The molecule has 1 heterocycles. The summed E-state index contributed by atoms with van der Waals surface area (Å²) in [6, 6.07) is 11.4. The number of amides is 1. The molecule has 0 saturated carbocycles. The molecule has 0 spiro atoms. The fourth-order valence-corrected chi connectivity index (χ4v) is 1.52. The molecule has 94 valence electrons. The monoisotopic (exact) mass is 252 g/mol. The largest absolute Gasteiger partial charge is 0.347 e. The number of benzene rings is 1. The van der Waals surface area contributed by atoms with E-state index in [1.807, 2.05) is 36.4 Å². The van der Waals surface area contributed by atoms with E-state index in [4.69, 9.17) is 5.26 Å². The number of imidazole rings is 1. The first-order valence-corrected chi connectivity index (χ1v) is 5.72. The Morgan fingerprint density at radius 2 is 2.21 bits per heavy atom. The zero-order valence-corrected chi connectivity index (χ0v) is 10.1. The van der Waals surface area contributed by atoms with Crippen LogP contribution in [-0.2, 0) is 11.3 Å². The highest BCUT2D eigenvalue weighted by molar-refractivity contribution is 6.01. The lowest BCUT2D eigenvalue weighted by Crippen LogP contribution is -2.23. The number of hydrogen-bond donors (Lipinski definition) is 2. The highest BCUT2D eigenvalue weighted by atomic mass is 16.1. The second-order valence-corrected chi connectivity index (χ2v) is 3.85. The molecule has 1 aromatic carbocycles. The van der Waals surface area contributed by atoms with Crippen LogP contribution in [0.15, 0.2) is 48.4 Å². The first-order chi connectivity index (χ1) is 9.29. The van der Waals surface area contributed by atoms with Crippen LogP contribution in [0.1, 0.15) is 11.3 Å². The molecule has 1 amide bonds. The van der Waals surface area contributed by atoms with Gasteiger partial charge in [-0.3, -0.25) is 4.79 Å². The Bertz CT molecular complexity index is 609. The fourth-order valence-electron chi connectivity index (χ4n) is 1.52.